The standard InChI is InChI=1S/C18H20N4O4/c1-26-11-2-3-13-12(10-11)17-16-14(21(8-9-23)7-6-19-17)4-5-15(22(24)25)18(16)20-13/h2-5,10,19,22-24H,6-9H2,1H3. The number of anilines is 2. The molecule has 1 aliphatic rings. The number of benzene rings is 2. The summed E-state index contributed by atoms with van der Waals surface area (Å²) in [6, 6.07) is 8.93. The van der Waals surface area contributed by atoms with Crippen LogP contribution < -0.4 is 20.2 Å². The van der Waals surface area contributed by atoms with E-state index in [0.29, 0.717) is 36.4 Å². The number of nitrogens with one attached hydrogen (secondary N) is 2. The first-order chi connectivity index (χ1) is 12.6. The minimum atomic E-state index is -1.01. The number of hydrogen-bond donors (Lipinski definition) is 4. The number of ether oxygens (including phenoxy) is 1. The van der Waals surface area contributed by atoms with Crippen molar-refractivity contribution in [3.8, 4) is 5.75 Å². The van der Waals surface area contributed by atoms with Crippen molar-refractivity contribution in [2.24, 2.45) is 0 Å². The molecule has 0 spiro atoms. The lowest BCUT2D eigenvalue weighted by molar-refractivity contribution is -0.990. The van der Waals surface area contributed by atoms with Gasteiger partial charge in [0.1, 0.15) is 11.3 Å². The van der Waals surface area contributed by atoms with Gasteiger partial charge in [-0.25, -0.2) is 10.2 Å². The lowest BCUT2D eigenvalue weighted by Crippen LogP contribution is -2.99. The zero-order valence-corrected chi connectivity index (χ0v) is 14.3. The Morgan fingerprint density at radius 1 is 1.35 bits per heavy atom. The molecule has 26 heavy (non-hydrogen) atoms. The molecule has 8 nitrogen and oxygen atoms in total. The summed E-state index contributed by atoms with van der Waals surface area (Å²) in [6.07, 6.45) is 0. The van der Waals surface area contributed by atoms with Gasteiger partial charge in [-0.05, 0) is 24.3 Å². The highest BCUT2D eigenvalue weighted by Crippen LogP contribution is 2.41. The second-order valence-corrected chi connectivity index (χ2v) is 6.17. The van der Waals surface area contributed by atoms with Crippen molar-refractivity contribution in [1.29, 1.82) is 0 Å². The molecule has 1 unspecified atom stereocenters. The third-order valence-corrected chi connectivity index (χ3v) is 4.74. The van der Waals surface area contributed by atoms with Gasteiger partial charge in [-0.1, -0.05) is 0 Å². The first-order valence-corrected chi connectivity index (χ1v) is 8.41. The minimum Gasteiger partial charge on any atom is -0.595 e. The fourth-order valence-corrected chi connectivity index (χ4v) is 3.55. The van der Waals surface area contributed by atoms with E-state index in [0.717, 1.165) is 22.1 Å². The van der Waals surface area contributed by atoms with Crippen molar-refractivity contribution >= 4 is 38.9 Å². The van der Waals surface area contributed by atoms with Crippen LogP contribution >= 0.6 is 0 Å². The van der Waals surface area contributed by atoms with E-state index in [4.69, 9.17) is 4.74 Å². The van der Waals surface area contributed by atoms with Crippen molar-refractivity contribution in [2.45, 2.75) is 0 Å². The largest absolute Gasteiger partial charge is 0.595 e. The number of fused-ring (bicyclic) bond motifs is 2. The normalized spacial score (nSPS) is 15.0. The number of aliphatic hydroxyl groups excluding tert-OH is 1. The van der Waals surface area contributed by atoms with Crippen LogP contribution in [0.4, 0.5) is 17.1 Å². The van der Waals surface area contributed by atoms with Crippen LogP contribution in [0.1, 0.15) is 0 Å². The molecular weight excluding hydrogens is 336 g/mol. The molecule has 0 bridgehead atoms. The number of methoxy groups -OCH3 is 1. The molecule has 1 atom stereocenters. The minimum absolute atomic E-state index is 0.0202. The van der Waals surface area contributed by atoms with Crippen LogP contribution in [-0.4, -0.2) is 48.6 Å². The van der Waals surface area contributed by atoms with E-state index in [1.807, 2.05) is 23.1 Å². The number of β-amino-alcohol motifs (C(OH)–C–C–N with tert-alkyl or cyclic N) is 1. The quantitative estimate of drug-likeness (QED) is 0.409. The fourth-order valence-electron chi connectivity index (χ4n) is 3.55. The number of pyridine rings is 1. The van der Waals surface area contributed by atoms with Crippen molar-refractivity contribution in [2.75, 3.05) is 43.6 Å². The zero-order valence-electron chi connectivity index (χ0n) is 14.3. The molecule has 3 aromatic rings. The summed E-state index contributed by atoms with van der Waals surface area (Å²) in [5.41, 5.74) is 3.03. The molecule has 136 valence electrons. The summed E-state index contributed by atoms with van der Waals surface area (Å²) in [6.45, 7) is 1.86. The summed E-state index contributed by atoms with van der Waals surface area (Å²) in [4.78, 5) is 6.70. The Labute approximate surface area is 149 Å². The summed E-state index contributed by atoms with van der Waals surface area (Å²) < 4.78 is 5.34. The summed E-state index contributed by atoms with van der Waals surface area (Å²) in [5, 5.41) is 34.8. The Bertz CT molecular complexity index is 976. The van der Waals surface area contributed by atoms with Gasteiger partial charge in [0.2, 0.25) is 0 Å². The molecule has 1 aromatic heterocycles. The summed E-state index contributed by atoms with van der Waals surface area (Å²) in [5.74, 6) is 0.712. The highest BCUT2D eigenvalue weighted by atomic mass is 16.8. The van der Waals surface area contributed by atoms with E-state index in [9.17, 15) is 15.5 Å². The van der Waals surface area contributed by atoms with Gasteiger partial charge in [-0.3, -0.25) is 0 Å². The molecule has 2 aromatic carbocycles. The monoisotopic (exact) mass is 356 g/mol. The predicted molar refractivity (Wildman–Crippen MR) is 99.4 cm³/mol. The van der Waals surface area contributed by atoms with Crippen molar-refractivity contribution in [3.63, 3.8) is 0 Å². The van der Waals surface area contributed by atoms with E-state index < -0.39 is 5.23 Å². The Balaban J connectivity index is 2.12. The third kappa shape index (κ3) is 2.60. The average molecular weight is 356 g/mol. The van der Waals surface area contributed by atoms with E-state index in [1.165, 1.54) is 0 Å². The molecule has 0 fully saturated rings. The topological polar surface area (TPSA) is 105 Å². The molecule has 1 aliphatic heterocycles. The van der Waals surface area contributed by atoms with E-state index in [2.05, 4.69) is 10.3 Å². The van der Waals surface area contributed by atoms with Crippen LogP contribution in [0, 0.1) is 5.21 Å². The van der Waals surface area contributed by atoms with E-state index >= 15 is 0 Å². The van der Waals surface area contributed by atoms with Crippen LogP contribution in [0.3, 0.4) is 0 Å². The van der Waals surface area contributed by atoms with Crippen molar-refractivity contribution in [3.05, 3.63) is 35.5 Å². The molecule has 0 saturated heterocycles. The third-order valence-electron chi connectivity index (χ3n) is 4.74. The lowest BCUT2D eigenvalue weighted by Gasteiger charge is -2.24. The summed E-state index contributed by atoms with van der Waals surface area (Å²) in [7, 11) is 1.61. The zero-order chi connectivity index (χ0) is 18.3. The molecule has 4 rings (SSSR count). The maximum absolute atomic E-state index is 11.7. The van der Waals surface area contributed by atoms with Gasteiger partial charge in [0.15, 0.2) is 5.69 Å². The molecule has 0 radical (unpaired) electrons. The number of aromatic nitrogens is 1. The molecule has 0 amide bonds. The predicted octanol–water partition coefficient (Wildman–Crippen LogP) is 1.02. The second kappa shape index (κ2) is 6.58. The maximum atomic E-state index is 11.7. The number of rotatable bonds is 4. The van der Waals surface area contributed by atoms with Crippen LogP contribution in [0.25, 0.3) is 21.8 Å². The SMILES string of the molecule is COc1ccc2nc3c([NH+]([O-])O)ccc4c3c(c2c1)NCCN4CCO. The van der Waals surface area contributed by atoms with Crippen LogP contribution in [0.5, 0.6) is 5.75 Å². The van der Waals surface area contributed by atoms with E-state index in [1.54, 1.807) is 19.2 Å². The van der Waals surface area contributed by atoms with Crippen molar-refractivity contribution < 1.29 is 20.3 Å². The Morgan fingerprint density at radius 2 is 2.19 bits per heavy atom. The fraction of sp³-hybridized carbons (Fsp3) is 0.278. The maximum Gasteiger partial charge on any atom is 0.190 e. The van der Waals surface area contributed by atoms with Crippen LogP contribution in [-0.2, 0) is 0 Å². The van der Waals surface area contributed by atoms with Gasteiger partial charge < -0.3 is 25.3 Å². The first kappa shape index (κ1) is 16.8. The van der Waals surface area contributed by atoms with Crippen molar-refractivity contribution in [1.82, 2.24) is 4.98 Å². The van der Waals surface area contributed by atoms with Gasteiger partial charge in [0.25, 0.3) is 0 Å². The van der Waals surface area contributed by atoms with Gasteiger partial charge in [-0.15, -0.1) is 0 Å². The van der Waals surface area contributed by atoms with Gasteiger partial charge >= 0.3 is 0 Å². The Hall–Kier alpha value is -2.65. The molecule has 0 aliphatic carbocycles. The Morgan fingerprint density at radius 3 is 2.92 bits per heavy atom. The molecule has 2 heterocycles. The number of nitrogens with zero attached hydrogens (tertiary/aromatic N) is 2. The molecule has 0 saturated carbocycles. The average Bonchev–Trinajstić information content (AvgIpc) is 2.83. The van der Waals surface area contributed by atoms with Crippen LogP contribution in [0.15, 0.2) is 30.3 Å². The molecule has 8 heteroatoms. The molecule has 4 N–H and O–H groups in total. The van der Waals surface area contributed by atoms with Gasteiger partial charge in [0, 0.05) is 36.8 Å². The smallest absolute Gasteiger partial charge is 0.190 e. The highest BCUT2D eigenvalue weighted by Gasteiger charge is 2.24. The lowest BCUT2D eigenvalue weighted by atomic mass is 10.0. The van der Waals surface area contributed by atoms with Gasteiger partial charge in [0.05, 0.1) is 30.3 Å². The van der Waals surface area contributed by atoms with Gasteiger partial charge in [-0.2, -0.15) is 5.23 Å². The highest BCUT2D eigenvalue weighted by molar-refractivity contribution is 6.15. The number of hydrogen-bond acceptors (Lipinski definition) is 7. The first-order valence-electron chi connectivity index (χ1n) is 8.41. The second-order valence-electron chi connectivity index (χ2n) is 6.17. The van der Waals surface area contributed by atoms with E-state index in [-0.39, 0.29) is 12.3 Å². The molecular formula is C18H20N4O4. The Kier molecular flexibility index (Phi) is 4.25. The summed E-state index contributed by atoms with van der Waals surface area (Å²) >= 11 is 0. The number of aliphatic hydroxyl groups is 1. The number of quaternary nitrogens is 1. The van der Waals surface area contributed by atoms with Crippen LogP contribution in [0.2, 0.25) is 0 Å².